The van der Waals surface area contributed by atoms with E-state index in [1.54, 1.807) is 6.92 Å². The average molecular weight is 281 g/mol. The molecule has 0 saturated carbocycles. The quantitative estimate of drug-likeness (QED) is 0.661. The number of nitrogens with zero attached hydrogens (tertiary/aromatic N) is 1. The molecule has 0 radical (unpaired) electrons. The zero-order valence-corrected chi connectivity index (χ0v) is 11.6. The molecule has 1 unspecified atom stereocenters. The number of fused-ring (bicyclic) bond motifs is 1. The lowest BCUT2D eigenvalue weighted by atomic mass is 9.87. The third-order valence-corrected chi connectivity index (χ3v) is 3.47. The molecule has 1 heterocycles. The number of ether oxygens (including phenoxy) is 2. The van der Waals surface area contributed by atoms with Crippen molar-refractivity contribution in [2.45, 2.75) is 33.5 Å². The Hall–Kier alpha value is -2.31. The van der Waals surface area contributed by atoms with Gasteiger partial charge in [-0.2, -0.15) is 0 Å². The summed E-state index contributed by atoms with van der Waals surface area (Å²) >= 11 is 0. The second kappa shape index (κ2) is 4.09. The number of aromatic carboxylic acids is 1. The minimum Gasteiger partial charge on any atom is -0.477 e. The van der Waals surface area contributed by atoms with Crippen molar-refractivity contribution in [1.82, 2.24) is 0 Å². The summed E-state index contributed by atoms with van der Waals surface area (Å²) in [6.07, 6.45) is 0. The number of carboxylic acids is 1. The van der Waals surface area contributed by atoms with E-state index in [-0.39, 0.29) is 11.5 Å². The molecule has 0 aliphatic carbocycles. The van der Waals surface area contributed by atoms with Crippen molar-refractivity contribution < 1.29 is 24.3 Å². The van der Waals surface area contributed by atoms with Gasteiger partial charge in [0, 0.05) is 18.4 Å². The molecule has 1 aromatic rings. The highest BCUT2D eigenvalue weighted by Gasteiger charge is 2.49. The molecule has 0 fully saturated rings. The Morgan fingerprint density at radius 1 is 1.35 bits per heavy atom. The van der Waals surface area contributed by atoms with Crippen LogP contribution in [0.15, 0.2) is 12.1 Å². The van der Waals surface area contributed by atoms with Gasteiger partial charge in [-0.05, 0) is 6.07 Å². The molecule has 1 aliphatic heterocycles. The molecule has 20 heavy (non-hydrogen) atoms. The molecule has 108 valence electrons. The van der Waals surface area contributed by atoms with Crippen molar-refractivity contribution >= 4 is 11.7 Å². The summed E-state index contributed by atoms with van der Waals surface area (Å²) in [5, 5.41) is 20.1. The first kappa shape index (κ1) is 14.1. The highest BCUT2D eigenvalue weighted by molar-refractivity contribution is 5.97. The fourth-order valence-corrected chi connectivity index (χ4v) is 1.83. The first-order valence-corrected chi connectivity index (χ1v) is 5.99. The van der Waals surface area contributed by atoms with Crippen molar-refractivity contribution in [2.75, 3.05) is 0 Å². The first-order chi connectivity index (χ1) is 9.07. The van der Waals surface area contributed by atoms with E-state index < -0.39 is 33.3 Å². The Kier molecular flexibility index (Phi) is 2.89. The van der Waals surface area contributed by atoms with Gasteiger partial charge in [0.1, 0.15) is 0 Å². The van der Waals surface area contributed by atoms with Gasteiger partial charge in [-0.3, -0.25) is 10.1 Å². The number of benzene rings is 1. The van der Waals surface area contributed by atoms with Crippen LogP contribution in [0.1, 0.15) is 38.1 Å². The van der Waals surface area contributed by atoms with Crippen LogP contribution in [0.5, 0.6) is 11.5 Å². The number of carbonyl (C=O) groups is 1. The van der Waals surface area contributed by atoms with Crippen molar-refractivity contribution in [3.05, 3.63) is 27.8 Å². The van der Waals surface area contributed by atoms with E-state index in [0.717, 1.165) is 6.07 Å². The summed E-state index contributed by atoms with van der Waals surface area (Å²) in [6, 6.07) is 2.47. The summed E-state index contributed by atoms with van der Waals surface area (Å²) in [5.41, 5.74) is -1.45. The number of nitro groups is 1. The first-order valence-electron chi connectivity index (χ1n) is 5.99. The molecule has 0 amide bonds. The number of hydrogen-bond acceptors (Lipinski definition) is 5. The molecule has 1 aromatic carbocycles. The third kappa shape index (κ3) is 1.95. The van der Waals surface area contributed by atoms with Crippen LogP contribution in [0.3, 0.4) is 0 Å². The second-order valence-corrected chi connectivity index (χ2v) is 5.75. The molecule has 7 heteroatoms. The minimum absolute atomic E-state index is 0.0934. The second-order valence-electron chi connectivity index (χ2n) is 5.75. The zero-order chi connectivity index (χ0) is 15.3. The van der Waals surface area contributed by atoms with Gasteiger partial charge in [0.25, 0.3) is 11.5 Å². The van der Waals surface area contributed by atoms with Gasteiger partial charge in [0.05, 0.1) is 4.92 Å². The van der Waals surface area contributed by atoms with E-state index in [2.05, 4.69) is 0 Å². The predicted molar refractivity (Wildman–Crippen MR) is 69.2 cm³/mol. The molecule has 0 spiro atoms. The smallest absolute Gasteiger partial charge is 0.346 e. The Labute approximate surface area is 115 Å². The van der Waals surface area contributed by atoms with Crippen LogP contribution in [-0.2, 0) is 0 Å². The molecular formula is C13H15NO6. The third-order valence-electron chi connectivity index (χ3n) is 3.47. The molecule has 1 atom stereocenters. The Bertz CT molecular complexity index is 604. The van der Waals surface area contributed by atoms with Crippen molar-refractivity contribution in [1.29, 1.82) is 0 Å². The Morgan fingerprint density at radius 3 is 2.40 bits per heavy atom. The van der Waals surface area contributed by atoms with Crippen LogP contribution >= 0.6 is 0 Å². The topological polar surface area (TPSA) is 98.9 Å². The Balaban J connectivity index is 2.61. The summed E-state index contributed by atoms with van der Waals surface area (Å²) in [5.74, 6) is -2.40. The maximum absolute atomic E-state index is 11.3. The SMILES string of the molecule is CC(C)(C)C1(C)Oc2ccc([N+](=O)[O-])c(C(=O)O)c2O1. The van der Waals surface area contributed by atoms with Crippen LogP contribution in [0, 0.1) is 15.5 Å². The van der Waals surface area contributed by atoms with Gasteiger partial charge < -0.3 is 14.6 Å². The largest absolute Gasteiger partial charge is 0.477 e. The molecule has 0 bridgehead atoms. The van der Waals surface area contributed by atoms with Crippen LogP contribution in [0.4, 0.5) is 5.69 Å². The van der Waals surface area contributed by atoms with Crippen molar-refractivity contribution in [3.63, 3.8) is 0 Å². The van der Waals surface area contributed by atoms with Crippen molar-refractivity contribution in [2.24, 2.45) is 5.41 Å². The average Bonchev–Trinajstić information content (AvgIpc) is 2.63. The van der Waals surface area contributed by atoms with Gasteiger partial charge >= 0.3 is 5.97 Å². The summed E-state index contributed by atoms with van der Waals surface area (Å²) in [7, 11) is 0. The van der Waals surface area contributed by atoms with Gasteiger partial charge in [0.15, 0.2) is 17.1 Å². The number of rotatable bonds is 2. The molecule has 0 saturated heterocycles. The van der Waals surface area contributed by atoms with E-state index >= 15 is 0 Å². The fraction of sp³-hybridized carbons (Fsp3) is 0.462. The van der Waals surface area contributed by atoms with E-state index in [0.29, 0.717) is 0 Å². The van der Waals surface area contributed by atoms with E-state index in [1.165, 1.54) is 6.07 Å². The number of hydrogen-bond donors (Lipinski definition) is 1. The van der Waals surface area contributed by atoms with E-state index in [4.69, 9.17) is 9.47 Å². The highest BCUT2D eigenvalue weighted by Crippen LogP contribution is 2.50. The summed E-state index contributed by atoms with van der Waals surface area (Å²) in [6.45, 7) is 7.28. The van der Waals surface area contributed by atoms with Gasteiger partial charge in [-0.1, -0.05) is 20.8 Å². The van der Waals surface area contributed by atoms with Crippen LogP contribution in [0.2, 0.25) is 0 Å². The van der Waals surface area contributed by atoms with Crippen LogP contribution in [-0.4, -0.2) is 21.8 Å². The lowest BCUT2D eigenvalue weighted by molar-refractivity contribution is -0.385. The van der Waals surface area contributed by atoms with Crippen LogP contribution in [0.25, 0.3) is 0 Å². The van der Waals surface area contributed by atoms with Crippen LogP contribution < -0.4 is 9.47 Å². The number of carboxylic acid groups (broad SMARTS) is 1. The molecular weight excluding hydrogens is 266 g/mol. The van der Waals surface area contributed by atoms with E-state index in [9.17, 15) is 20.0 Å². The van der Waals surface area contributed by atoms with Gasteiger partial charge in [-0.25, -0.2) is 4.79 Å². The maximum atomic E-state index is 11.3. The lowest BCUT2D eigenvalue weighted by Crippen LogP contribution is -2.47. The maximum Gasteiger partial charge on any atom is 0.346 e. The molecule has 7 nitrogen and oxygen atoms in total. The number of nitro benzene ring substituents is 1. The highest BCUT2D eigenvalue weighted by atomic mass is 16.7. The predicted octanol–water partition coefficient (Wildman–Crippen LogP) is 2.83. The molecule has 1 N–H and O–H groups in total. The monoisotopic (exact) mass is 281 g/mol. The molecule has 1 aliphatic rings. The normalized spacial score (nSPS) is 20.8. The molecule has 0 aromatic heterocycles. The van der Waals surface area contributed by atoms with Crippen molar-refractivity contribution in [3.8, 4) is 11.5 Å². The molecule has 2 rings (SSSR count). The fourth-order valence-electron chi connectivity index (χ4n) is 1.83. The van der Waals surface area contributed by atoms with Gasteiger partial charge in [0.2, 0.25) is 0 Å². The summed E-state index contributed by atoms with van der Waals surface area (Å²) < 4.78 is 11.3. The summed E-state index contributed by atoms with van der Waals surface area (Å²) in [4.78, 5) is 21.5. The Morgan fingerprint density at radius 2 is 1.95 bits per heavy atom. The minimum atomic E-state index is -1.42. The van der Waals surface area contributed by atoms with E-state index in [1.807, 2.05) is 20.8 Å². The lowest BCUT2D eigenvalue weighted by Gasteiger charge is -2.35. The zero-order valence-electron chi connectivity index (χ0n) is 11.6. The standard InChI is InChI=1S/C13H15NO6/c1-12(2,3)13(4)19-8-6-5-7(14(17)18)9(11(15)16)10(8)20-13/h5-6H,1-4H3,(H,15,16). The van der Waals surface area contributed by atoms with Gasteiger partial charge in [-0.15, -0.1) is 0 Å².